The third-order valence-electron chi connectivity index (χ3n) is 4.11. The van der Waals surface area contributed by atoms with Gasteiger partial charge in [0.15, 0.2) is 0 Å². The molecule has 0 aliphatic carbocycles. The molecule has 0 atom stereocenters. The van der Waals surface area contributed by atoms with Gasteiger partial charge < -0.3 is 5.32 Å². The van der Waals surface area contributed by atoms with Gasteiger partial charge in [0.1, 0.15) is 0 Å². The van der Waals surface area contributed by atoms with E-state index in [0.29, 0.717) is 0 Å². The summed E-state index contributed by atoms with van der Waals surface area (Å²) in [7, 11) is 0. The summed E-state index contributed by atoms with van der Waals surface area (Å²) in [4.78, 5) is 4.28. The first-order valence-corrected chi connectivity index (χ1v) is 8.39. The van der Waals surface area contributed by atoms with E-state index in [9.17, 15) is 13.2 Å². The van der Waals surface area contributed by atoms with Crippen LogP contribution in [0.5, 0.6) is 0 Å². The van der Waals surface area contributed by atoms with Gasteiger partial charge in [0.05, 0.1) is 5.56 Å². The molecule has 0 aliphatic rings. The number of benzene rings is 2. The molecule has 134 valence electrons. The molecule has 2 nitrogen and oxygen atoms in total. The Hall–Kier alpha value is -2.66. The van der Waals surface area contributed by atoms with E-state index < -0.39 is 11.7 Å². The van der Waals surface area contributed by atoms with Crippen LogP contribution in [0, 0.1) is 0 Å². The molecular weight excluding hydrogens is 337 g/mol. The molecule has 0 saturated carbocycles. The molecule has 2 aromatic carbocycles. The zero-order valence-corrected chi connectivity index (χ0v) is 14.1. The number of hydrogen-bond acceptors (Lipinski definition) is 2. The van der Waals surface area contributed by atoms with E-state index >= 15 is 0 Å². The second-order valence-electron chi connectivity index (χ2n) is 6.02. The largest absolute Gasteiger partial charge is 0.416 e. The SMILES string of the molecule is FC(F)(F)c1ccc(-c2ccc(CNCCc3ccccn3)cc2)cc1. The van der Waals surface area contributed by atoms with Crippen molar-refractivity contribution in [2.75, 3.05) is 6.54 Å². The van der Waals surface area contributed by atoms with Crippen molar-refractivity contribution >= 4 is 0 Å². The lowest BCUT2D eigenvalue weighted by atomic mass is 10.0. The molecule has 0 aliphatic heterocycles. The summed E-state index contributed by atoms with van der Waals surface area (Å²) >= 11 is 0. The summed E-state index contributed by atoms with van der Waals surface area (Å²) in [5.41, 5.74) is 3.22. The molecule has 26 heavy (non-hydrogen) atoms. The van der Waals surface area contributed by atoms with Crippen LogP contribution in [0.1, 0.15) is 16.8 Å². The number of nitrogens with zero attached hydrogens (tertiary/aromatic N) is 1. The third kappa shape index (κ3) is 4.92. The van der Waals surface area contributed by atoms with Gasteiger partial charge >= 0.3 is 6.18 Å². The number of hydrogen-bond donors (Lipinski definition) is 1. The smallest absolute Gasteiger partial charge is 0.312 e. The molecule has 0 saturated heterocycles. The zero-order valence-electron chi connectivity index (χ0n) is 14.1. The zero-order chi connectivity index (χ0) is 18.4. The Bertz CT molecular complexity index is 811. The Labute approximate surface area is 150 Å². The lowest BCUT2D eigenvalue weighted by molar-refractivity contribution is -0.137. The van der Waals surface area contributed by atoms with Gasteiger partial charge in [-0.05, 0) is 41.0 Å². The molecule has 0 bridgehead atoms. The molecule has 0 fully saturated rings. The minimum absolute atomic E-state index is 0.630. The van der Waals surface area contributed by atoms with Gasteiger partial charge in [-0.3, -0.25) is 4.98 Å². The standard InChI is InChI=1S/C21H19F3N2/c22-21(23,24)19-10-8-18(9-11-19)17-6-4-16(5-7-17)15-25-14-12-20-3-1-2-13-26-20/h1-11,13,25H,12,14-15H2. The maximum absolute atomic E-state index is 12.6. The molecule has 5 heteroatoms. The van der Waals surface area contributed by atoms with Crippen molar-refractivity contribution in [3.63, 3.8) is 0 Å². The number of aromatic nitrogens is 1. The number of halogens is 3. The second kappa shape index (κ2) is 8.15. The highest BCUT2D eigenvalue weighted by Gasteiger charge is 2.29. The average molecular weight is 356 g/mol. The van der Waals surface area contributed by atoms with Gasteiger partial charge in [-0.1, -0.05) is 42.5 Å². The van der Waals surface area contributed by atoms with Gasteiger partial charge in [0, 0.05) is 31.4 Å². The molecule has 1 N–H and O–H groups in total. The van der Waals surface area contributed by atoms with Crippen LogP contribution in [-0.4, -0.2) is 11.5 Å². The fourth-order valence-corrected chi connectivity index (χ4v) is 2.66. The molecule has 3 rings (SSSR count). The number of alkyl halides is 3. The van der Waals surface area contributed by atoms with Crippen molar-refractivity contribution in [3.05, 3.63) is 89.7 Å². The van der Waals surface area contributed by atoms with Crippen molar-refractivity contribution < 1.29 is 13.2 Å². The van der Waals surface area contributed by atoms with Crippen LogP contribution < -0.4 is 5.32 Å². The van der Waals surface area contributed by atoms with Crippen LogP contribution >= 0.6 is 0 Å². The van der Waals surface area contributed by atoms with E-state index in [4.69, 9.17) is 0 Å². The summed E-state index contributed by atoms with van der Waals surface area (Å²) in [6.45, 7) is 1.57. The summed E-state index contributed by atoms with van der Waals surface area (Å²) in [5.74, 6) is 0. The minimum Gasteiger partial charge on any atom is -0.312 e. The molecule has 0 amide bonds. The Balaban J connectivity index is 1.53. The van der Waals surface area contributed by atoms with E-state index in [0.717, 1.165) is 54.0 Å². The highest BCUT2D eigenvalue weighted by atomic mass is 19.4. The van der Waals surface area contributed by atoms with E-state index in [1.165, 1.54) is 12.1 Å². The summed E-state index contributed by atoms with van der Waals surface area (Å²) in [6, 6.07) is 18.9. The number of nitrogens with one attached hydrogen (secondary N) is 1. The predicted molar refractivity (Wildman–Crippen MR) is 96.5 cm³/mol. The van der Waals surface area contributed by atoms with Gasteiger partial charge in [-0.15, -0.1) is 0 Å². The van der Waals surface area contributed by atoms with Gasteiger partial charge in [-0.2, -0.15) is 13.2 Å². The van der Waals surface area contributed by atoms with Crippen molar-refractivity contribution in [2.45, 2.75) is 19.1 Å². The summed E-state index contributed by atoms with van der Waals surface area (Å²) < 4.78 is 37.9. The maximum Gasteiger partial charge on any atom is 0.416 e. The Kier molecular flexibility index (Phi) is 5.68. The monoisotopic (exact) mass is 356 g/mol. The number of rotatable bonds is 6. The first-order valence-electron chi connectivity index (χ1n) is 8.39. The molecule has 0 radical (unpaired) electrons. The van der Waals surface area contributed by atoms with Gasteiger partial charge in [0.25, 0.3) is 0 Å². The van der Waals surface area contributed by atoms with Crippen LogP contribution in [-0.2, 0) is 19.1 Å². The minimum atomic E-state index is -4.30. The predicted octanol–water partition coefficient (Wildman–Crippen LogP) is 5.10. The van der Waals surface area contributed by atoms with E-state index in [1.807, 2.05) is 42.5 Å². The van der Waals surface area contributed by atoms with E-state index in [-0.39, 0.29) is 0 Å². The normalized spacial score (nSPS) is 11.5. The van der Waals surface area contributed by atoms with Crippen LogP contribution in [0.25, 0.3) is 11.1 Å². The van der Waals surface area contributed by atoms with Crippen molar-refractivity contribution in [1.82, 2.24) is 10.3 Å². The average Bonchev–Trinajstić information content (AvgIpc) is 2.66. The topological polar surface area (TPSA) is 24.9 Å². The Morgan fingerprint density at radius 2 is 1.46 bits per heavy atom. The van der Waals surface area contributed by atoms with Crippen LogP contribution in [0.15, 0.2) is 72.9 Å². The van der Waals surface area contributed by atoms with Crippen LogP contribution in [0.3, 0.4) is 0 Å². The molecule has 0 spiro atoms. The van der Waals surface area contributed by atoms with E-state index in [1.54, 1.807) is 6.20 Å². The summed E-state index contributed by atoms with van der Waals surface area (Å²) in [5, 5.41) is 3.37. The second-order valence-corrected chi connectivity index (χ2v) is 6.02. The maximum atomic E-state index is 12.6. The lowest BCUT2D eigenvalue weighted by Gasteiger charge is -2.09. The fraction of sp³-hybridized carbons (Fsp3) is 0.190. The molecule has 1 heterocycles. The van der Waals surface area contributed by atoms with Crippen LogP contribution in [0.2, 0.25) is 0 Å². The molecule has 3 aromatic rings. The lowest BCUT2D eigenvalue weighted by Crippen LogP contribution is -2.17. The highest BCUT2D eigenvalue weighted by molar-refractivity contribution is 5.64. The van der Waals surface area contributed by atoms with Crippen molar-refractivity contribution in [3.8, 4) is 11.1 Å². The van der Waals surface area contributed by atoms with Crippen molar-refractivity contribution in [2.24, 2.45) is 0 Å². The number of pyridine rings is 1. The fourth-order valence-electron chi connectivity index (χ4n) is 2.66. The Morgan fingerprint density at radius 1 is 0.808 bits per heavy atom. The first kappa shape index (κ1) is 18.1. The van der Waals surface area contributed by atoms with Gasteiger partial charge in [0.2, 0.25) is 0 Å². The van der Waals surface area contributed by atoms with E-state index in [2.05, 4.69) is 10.3 Å². The summed E-state index contributed by atoms with van der Waals surface area (Å²) in [6.07, 6.45) is -1.65. The Morgan fingerprint density at radius 3 is 2.04 bits per heavy atom. The first-order chi connectivity index (χ1) is 12.5. The molecule has 0 unspecified atom stereocenters. The van der Waals surface area contributed by atoms with Crippen LogP contribution in [0.4, 0.5) is 13.2 Å². The third-order valence-corrected chi connectivity index (χ3v) is 4.11. The molecular formula is C21H19F3N2. The van der Waals surface area contributed by atoms with Crippen molar-refractivity contribution in [1.29, 1.82) is 0 Å². The molecule has 1 aromatic heterocycles. The highest BCUT2D eigenvalue weighted by Crippen LogP contribution is 2.31. The quantitative estimate of drug-likeness (QED) is 0.622. The van der Waals surface area contributed by atoms with Gasteiger partial charge in [-0.25, -0.2) is 0 Å².